The van der Waals surface area contributed by atoms with Gasteiger partial charge >= 0.3 is 7.75 Å². The van der Waals surface area contributed by atoms with E-state index in [0.29, 0.717) is 13.2 Å². The molecule has 1 aromatic rings. The second-order valence-corrected chi connectivity index (χ2v) is 6.50. The first-order valence-electron chi connectivity index (χ1n) is 6.69. The molecule has 0 saturated carbocycles. The molecule has 0 saturated heterocycles. The number of benzene rings is 1. The Hall–Kier alpha value is -0.670. The Morgan fingerprint density at radius 1 is 1.16 bits per heavy atom. The van der Waals surface area contributed by atoms with E-state index in [1.54, 1.807) is 11.7 Å². The molecule has 0 N–H and O–H groups in total. The molecule has 1 atom stereocenters. The fourth-order valence-electron chi connectivity index (χ4n) is 1.87. The van der Waals surface area contributed by atoms with E-state index >= 15 is 0 Å². The van der Waals surface area contributed by atoms with Gasteiger partial charge in [0.15, 0.2) is 0 Å². The molecule has 108 valence electrons. The van der Waals surface area contributed by atoms with E-state index < -0.39 is 7.75 Å². The molecule has 0 bridgehead atoms. The van der Waals surface area contributed by atoms with Crippen molar-refractivity contribution < 1.29 is 13.6 Å². The van der Waals surface area contributed by atoms with E-state index in [9.17, 15) is 4.57 Å². The molecule has 1 rings (SSSR count). The maximum absolute atomic E-state index is 12.6. The molecule has 5 heteroatoms. The average molecular weight is 285 g/mol. The van der Waals surface area contributed by atoms with Gasteiger partial charge in [0.25, 0.3) is 0 Å². The van der Waals surface area contributed by atoms with Crippen molar-refractivity contribution in [1.29, 1.82) is 0 Å². The zero-order chi connectivity index (χ0) is 14.3. The fourth-order valence-corrected chi connectivity index (χ4v) is 3.53. The van der Waals surface area contributed by atoms with E-state index in [2.05, 4.69) is 12.1 Å². The highest BCUT2D eigenvalue weighted by atomic mass is 31.2. The lowest BCUT2D eigenvalue weighted by Gasteiger charge is -2.31. The Balaban J connectivity index is 2.73. The normalized spacial score (nSPS) is 13.7. The first kappa shape index (κ1) is 16.4. The Bertz CT molecular complexity index is 400. The molecule has 0 radical (unpaired) electrons. The topological polar surface area (TPSA) is 38.8 Å². The predicted octanol–water partition coefficient (Wildman–Crippen LogP) is 3.73. The molecule has 0 fully saturated rings. The Labute approximate surface area is 116 Å². The Kier molecular flexibility index (Phi) is 6.73. The molecule has 0 aromatic heterocycles. The molecule has 0 aliphatic heterocycles. The molecule has 4 nitrogen and oxygen atoms in total. The Morgan fingerprint density at radius 2 is 1.68 bits per heavy atom. The highest BCUT2D eigenvalue weighted by Gasteiger charge is 2.33. The van der Waals surface area contributed by atoms with Crippen molar-refractivity contribution in [2.45, 2.75) is 33.2 Å². The molecule has 19 heavy (non-hydrogen) atoms. The minimum atomic E-state index is -3.17. The van der Waals surface area contributed by atoms with E-state index in [1.807, 2.05) is 39.0 Å². The van der Waals surface area contributed by atoms with Crippen molar-refractivity contribution >= 4 is 7.75 Å². The average Bonchev–Trinajstić information content (AvgIpc) is 2.39. The fraction of sp³-hybridized carbons (Fsp3) is 0.571. The standard InChI is InChI=1S/C14H24NO3P/c1-5-17-19(16,18-6-2)15(4)13(3)12-14-10-8-7-9-11-14/h7-11,13H,5-6,12H2,1-4H3/t13-/m0/s1. The molecule has 0 aliphatic carbocycles. The highest BCUT2D eigenvalue weighted by Crippen LogP contribution is 2.52. The van der Waals surface area contributed by atoms with Gasteiger partial charge in [-0.25, -0.2) is 9.24 Å². The van der Waals surface area contributed by atoms with Crippen LogP contribution >= 0.6 is 7.75 Å². The zero-order valence-electron chi connectivity index (χ0n) is 12.2. The van der Waals surface area contributed by atoms with Gasteiger partial charge in [-0.1, -0.05) is 30.3 Å². The third-order valence-corrected chi connectivity index (χ3v) is 5.32. The van der Waals surface area contributed by atoms with Crippen molar-refractivity contribution in [1.82, 2.24) is 4.67 Å². The lowest BCUT2D eigenvalue weighted by atomic mass is 10.1. The lowest BCUT2D eigenvalue weighted by molar-refractivity contribution is 0.163. The van der Waals surface area contributed by atoms with Crippen LogP contribution in [0.5, 0.6) is 0 Å². The molecule has 1 aromatic carbocycles. The van der Waals surface area contributed by atoms with Crippen molar-refractivity contribution in [3.8, 4) is 0 Å². The van der Waals surface area contributed by atoms with Gasteiger partial charge < -0.3 is 0 Å². The summed E-state index contributed by atoms with van der Waals surface area (Å²) in [5.74, 6) is 0. The van der Waals surface area contributed by atoms with Crippen LogP contribution < -0.4 is 0 Å². The SMILES string of the molecule is CCOP(=O)(OCC)N(C)[C@@H](C)Cc1ccccc1. The maximum Gasteiger partial charge on any atom is 0.408 e. The molecular weight excluding hydrogens is 261 g/mol. The van der Waals surface area contributed by atoms with Crippen LogP contribution in [0.15, 0.2) is 30.3 Å². The zero-order valence-corrected chi connectivity index (χ0v) is 13.1. The van der Waals surface area contributed by atoms with E-state index in [0.717, 1.165) is 6.42 Å². The van der Waals surface area contributed by atoms with Gasteiger partial charge in [-0.15, -0.1) is 0 Å². The summed E-state index contributed by atoms with van der Waals surface area (Å²) in [5.41, 5.74) is 1.21. The minimum Gasteiger partial charge on any atom is -0.297 e. The van der Waals surface area contributed by atoms with Crippen LogP contribution in [0.2, 0.25) is 0 Å². The second-order valence-electron chi connectivity index (χ2n) is 4.42. The van der Waals surface area contributed by atoms with E-state index in [4.69, 9.17) is 9.05 Å². The summed E-state index contributed by atoms with van der Waals surface area (Å²) >= 11 is 0. The summed E-state index contributed by atoms with van der Waals surface area (Å²) in [6.07, 6.45) is 0.807. The molecule has 0 heterocycles. The van der Waals surface area contributed by atoms with Crippen molar-refractivity contribution in [3.05, 3.63) is 35.9 Å². The van der Waals surface area contributed by atoms with Crippen LogP contribution in [-0.2, 0) is 20.0 Å². The number of rotatable bonds is 8. The predicted molar refractivity (Wildman–Crippen MR) is 78.2 cm³/mol. The maximum atomic E-state index is 12.6. The van der Waals surface area contributed by atoms with Gasteiger partial charge in [0, 0.05) is 6.04 Å². The highest BCUT2D eigenvalue weighted by molar-refractivity contribution is 7.51. The summed E-state index contributed by atoms with van der Waals surface area (Å²) in [7, 11) is -1.38. The molecule has 0 aliphatic rings. The third kappa shape index (κ3) is 4.73. The molecular formula is C14H24NO3P. The van der Waals surface area contributed by atoms with E-state index in [1.165, 1.54) is 5.56 Å². The quantitative estimate of drug-likeness (QED) is 0.682. The second kappa shape index (κ2) is 7.81. The molecule has 0 spiro atoms. The van der Waals surface area contributed by atoms with Gasteiger partial charge in [0.05, 0.1) is 13.2 Å². The van der Waals surface area contributed by atoms with Crippen LogP contribution in [0.25, 0.3) is 0 Å². The van der Waals surface area contributed by atoms with Crippen molar-refractivity contribution in [3.63, 3.8) is 0 Å². The van der Waals surface area contributed by atoms with Crippen LogP contribution in [0, 0.1) is 0 Å². The lowest BCUT2D eigenvalue weighted by Crippen LogP contribution is -2.30. The summed E-state index contributed by atoms with van der Waals surface area (Å²) in [6, 6.07) is 10.2. The number of hydrogen-bond donors (Lipinski definition) is 0. The van der Waals surface area contributed by atoms with Crippen LogP contribution in [0.3, 0.4) is 0 Å². The monoisotopic (exact) mass is 285 g/mol. The summed E-state index contributed by atoms with van der Waals surface area (Å²) < 4.78 is 25.0. The van der Waals surface area contributed by atoms with Crippen molar-refractivity contribution in [2.24, 2.45) is 0 Å². The van der Waals surface area contributed by atoms with Gasteiger partial charge in [0.1, 0.15) is 0 Å². The van der Waals surface area contributed by atoms with Gasteiger partial charge in [-0.2, -0.15) is 0 Å². The van der Waals surface area contributed by atoms with Gasteiger partial charge in [-0.05, 0) is 39.8 Å². The summed E-state index contributed by atoms with van der Waals surface area (Å²) in [4.78, 5) is 0. The van der Waals surface area contributed by atoms with Crippen molar-refractivity contribution in [2.75, 3.05) is 20.3 Å². The van der Waals surface area contributed by atoms with Crippen LogP contribution in [-0.4, -0.2) is 31.0 Å². The first-order valence-corrected chi connectivity index (χ1v) is 8.19. The number of nitrogens with zero attached hydrogens (tertiary/aromatic N) is 1. The number of likely N-dealkylation sites (N-methyl/N-ethyl adjacent to an activating group) is 1. The summed E-state index contributed by atoms with van der Waals surface area (Å²) in [6.45, 7) is 6.42. The number of hydrogen-bond acceptors (Lipinski definition) is 3. The van der Waals surface area contributed by atoms with Crippen LogP contribution in [0.4, 0.5) is 0 Å². The Morgan fingerprint density at radius 3 is 2.16 bits per heavy atom. The third-order valence-electron chi connectivity index (χ3n) is 2.98. The minimum absolute atomic E-state index is 0.0753. The summed E-state index contributed by atoms with van der Waals surface area (Å²) in [5, 5.41) is 0. The molecule has 0 unspecified atom stereocenters. The molecule has 0 amide bonds. The smallest absolute Gasteiger partial charge is 0.297 e. The van der Waals surface area contributed by atoms with E-state index in [-0.39, 0.29) is 6.04 Å². The van der Waals surface area contributed by atoms with Gasteiger partial charge in [-0.3, -0.25) is 9.05 Å². The largest absolute Gasteiger partial charge is 0.408 e. The van der Waals surface area contributed by atoms with Gasteiger partial charge in [0.2, 0.25) is 0 Å². The van der Waals surface area contributed by atoms with Crippen LogP contribution in [0.1, 0.15) is 26.3 Å². The first-order chi connectivity index (χ1) is 9.03.